The van der Waals surface area contributed by atoms with E-state index in [-0.39, 0.29) is 5.82 Å². The minimum absolute atomic E-state index is 0.228. The fourth-order valence-electron chi connectivity index (χ4n) is 2.81. The van der Waals surface area contributed by atoms with Crippen molar-refractivity contribution in [1.29, 1.82) is 0 Å². The predicted octanol–water partition coefficient (Wildman–Crippen LogP) is 3.81. The van der Waals surface area contributed by atoms with Gasteiger partial charge in [0.05, 0.1) is 18.9 Å². The van der Waals surface area contributed by atoms with Crippen LogP contribution in [0.4, 0.5) is 10.2 Å². The lowest BCUT2D eigenvalue weighted by molar-refractivity contribution is 0.122. The molecular formula is C20H19FN4OS. The Morgan fingerprint density at radius 1 is 1.04 bits per heavy atom. The highest BCUT2D eigenvalue weighted by molar-refractivity contribution is 7.98. The van der Waals surface area contributed by atoms with Gasteiger partial charge in [-0.15, -0.1) is 11.8 Å². The van der Waals surface area contributed by atoms with E-state index in [0.29, 0.717) is 24.8 Å². The van der Waals surface area contributed by atoms with Gasteiger partial charge in [0.1, 0.15) is 17.3 Å². The van der Waals surface area contributed by atoms with E-state index in [0.717, 1.165) is 35.2 Å². The van der Waals surface area contributed by atoms with Gasteiger partial charge in [0.25, 0.3) is 0 Å². The molecule has 5 nitrogen and oxygen atoms in total. The van der Waals surface area contributed by atoms with Crippen LogP contribution in [0.1, 0.15) is 5.69 Å². The summed E-state index contributed by atoms with van der Waals surface area (Å²) in [5.41, 5.74) is 1.67. The van der Waals surface area contributed by atoms with Gasteiger partial charge < -0.3 is 9.64 Å². The minimum Gasteiger partial charge on any atom is -0.378 e. The number of anilines is 1. The van der Waals surface area contributed by atoms with Crippen LogP contribution in [0, 0.1) is 5.82 Å². The number of nitrogens with zero attached hydrogens (tertiary/aromatic N) is 4. The number of rotatable bonds is 5. The Kier molecular flexibility index (Phi) is 5.60. The summed E-state index contributed by atoms with van der Waals surface area (Å²) < 4.78 is 18.5. The third-order valence-electron chi connectivity index (χ3n) is 4.20. The minimum atomic E-state index is -0.228. The van der Waals surface area contributed by atoms with E-state index in [1.807, 2.05) is 24.3 Å². The van der Waals surface area contributed by atoms with Crippen LogP contribution in [0.3, 0.4) is 0 Å². The Balaban J connectivity index is 1.61. The summed E-state index contributed by atoms with van der Waals surface area (Å²) in [6.07, 6.45) is 1.74. The molecule has 2 aromatic heterocycles. The standard InChI is InChI=1S/C20H19FN4OS/c21-15-4-6-17(7-5-15)27-14-16-13-19(25-9-11-26-12-10-25)24-20(23-16)18-3-1-2-8-22-18/h1-8,13H,9-12,14H2. The largest absolute Gasteiger partial charge is 0.378 e. The highest BCUT2D eigenvalue weighted by atomic mass is 32.2. The Hall–Kier alpha value is -2.51. The van der Waals surface area contributed by atoms with E-state index >= 15 is 0 Å². The first-order valence-electron chi connectivity index (χ1n) is 8.78. The van der Waals surface area contributed by atoms with Crippen LogP contribution in [0.15, 0.2) is 59.6 Å². The number of morpholine rings is 1. The molecule has 3 heterocycles. The molecule has 4 rings (SSSR count). The number of ether oxygens (including phenoxy) is 1. The first-order chi connectivity index (χ1) is 13.3. The number of pyridine rings is 1. The predicted molar refractivity (Wildman–Crippen MR) is 104 cm³/mol. The van der Waals surface area contributed by atoms with Crippen LogP contribution in [-0.2, 0) is 10.5 Å². The summed E-state index contributed by atoms with van der Waals surface area (Å²) in [5.74, 6) is 1.96. The highest BCUT2D eigenvalue weighted by Gasteiger charge is 2.16. The van der Waals surface area contributed by atoms with Crippen molar-refractivity contribution in [2.45, 2.75) is 10.6 Å². The van der Waals surface area contributed by atoms with Crippen molar-refractivity contribution in [1.82, 2.24) is 15.0 Å². The normalized spacial score (nSPS) is 14.3. The zero-order chi connectivity index (χ0) is 18.5. The number of hydrogen-bond acceptors (Lipinski definition) is 6. The van der Waals surface area contributed by atoms with Crippen molar-refractivity contribution in [2.75, 3.05) is 31.2 Å². The first kappa shape index (κ1) is 17.9. The molecule has 1 aromatic carbocycles. The van der Waals surface area contributed by atoms with Crippen molar-refractivity contribution in [3.05, 3.63) is 66.2 Å². The molecule has 0 saturated carbocycles. The van der Waals surface area contributed by atoms with Crippen LogP contribution in [0.2, 0.25) is 0 Å². The topological polar surface area (TPSA) is 51.1 Å². The quantitative estimate of drug-likeness (QED) is 0.626. The number of hydrogen-bond donors (Lipinski definition) is 0. The van der Waals surface area contributed by atoms with Gasteiger partial charge in [-0.3, -0.25) is 4.98 Å². The first-order valence-corrected chi connectivity index (χ1v) is 9.77. The Bertz CT molecular complexity index is 886. The molecular weight excluding hydrogens is 363 g/mol. The molecule has 0 amide bonds. The van der Waals surface area contributed by atoms with E-state index in [2.05, 4.69) is 9.88 Å². The molecule has 1 aliphatic heterocycles. The number of benzene rings is 1. The van der Waals surface area contributed by atoms with Gasteiger partial charge in [0, 0.05) is 36.0 Å². The van der Waals surface area contributed by atoms with Gasteiger partial charge in [0.2, 0.25) is 0 Å². The van der Waals surface area contributed by atoms with Gasteiger partial charge in [-0.25, -0.2) is 14.4 Å². The van der Waals surface area contributed by atoms with E-state index < -0.39 is 0 Å². The molecule has 0 N–H and O–H groups in total. The van der Waals surface area contributed by atoms with Gasteiger partial charge in [-0.2, -0.15) is 0 Å². The monoisotopic (exact) mass is 382 g/mol. The van der Waals surface area contributed by atoms with Crippen molar-refractivity contribution in [2.24, 2.45) is 0 Å². The van der Waals surface area contributed by atoms with E-state index in [1.54, 1.807) is 30.1 Å². The molecule has 0 bridgehead atoms. The molecule has 1 aliphatic rings. The second-order valence-corrected chi connectivity index (χ2v) is 7.15. The highest BCUT2D eigenvalue weighted by Crippen LogP contribution is 2.26. The number of aromatic nitrogens is 3. The summed E-state index contributed by atoms with van der Waals surface area (Å²) in [4.78, 5) is 17.0. The summed E-state index contributed by atoms with van der Waals surface area (Å²) >= 11 is 1.62. The average Bonchev–Trinajstić information content (AvgIpc) is 2.74. The smallest absolute Gasteiger partial charge is 0.180 e. The maximum atomic E-state index is 13.1. The molecule has 0 aliphatic carbocycles. The van der Waals surface area contributed by atoms with Gasteiger partial charge in [0.15, 0.2) is 5.82 Å². The molecule has 7 heteroatoms. The lowest BCUT2D eigenvalue weighted by Gasteiger charge is -2.28. The zero-order valence-corrected chi connectivity index (χ0v) is 15.5. The van der Waals surface area contributed by atoms with Crippen molar-refractivity contribution in [3.63, 3.8) is 0 Å². The molecule has 138 valence electrons. The molecule has 1 fully saturated rings. The molecule has 27 heavy (non-hydrogen) atoms. The Labute approximate surface area is 161 Å². The number of thioether (sulfide) groups is 1. The second-order valence-electron chi connectivity index (χ2n) is 6.10. The third kappa shape index (κ3) is 4.61. The van der Waals surface area contributed by atoms with Crippen molar-refractivity contribution >= 4 is 17.6 Å². The molecule has 0 atom stereocenters. The van der Waals surface area contributed by atoms with Crippen LogP contribution in [0.5, 0.6) is 0 Å². The average molecular weight is 382 g/mol. The Morgan fingerprint density at radius 3 is 2.59 bits per heavy atom. The summed E-state index contributed by atoms with van der Waals surface area (Å²) in [6.45, 7) is 3.01. The molecule has 0 spiro atoms. The molecule has 0 unspecified atom stereocenters. The second kappa shape index (κ2) is 8.45. The fraction of sp³-hybridized carbons (Fsp3) is 0.250. The molecule has 1 saturated heterocycles. The lowest BCUT2D eigenvalue weighted by Crippen LogP contribution is -2.37. The maximum Gasteiger partial charge on any atom is 0.180 e. The summed E-state index contributed by atoms with van der Waals surface area (Å²) in [5, 5.41) is 0. The van der Waals surface area contributed by atoms with Gasteiger partial charge >= 0.3 is 0 Å². The van der Waals surface area contributed by atoms with E-state index in [9.17, 15) is 4.39 Å². The van der Waals surface area contributed by atoms with Crippen LogP contribution in [0.25, 0.3) is 11.5 Å². The number of halogens is 1. The van der Waals surface area contributed by atoms with E-state index in [4.69, 9.17) is 14.7 Å². The summed E-state index contributed by atoms with van der Waals surface area (Å²) in [7, 11) is 0. The maximum absolute atomic E-state index is 13.1. The zero-order valence-electron chi connectivity index (χ0n) is 14.7. The van der Waals surface area contributed by atoms with Gasteiger partial charge in [-0.05, 0) is 36.4 Å². The van der Waals surface area contributed by atoms with Crippen molar-refractivity contribution < 1.29 is 9.13 Å². The molecule has 3 aromatic rings. The lowest BCUT2D eigenvalue weighted by atomic mass is 10.3. The Morgan fingerprint density at radius 2 is 1.85 bits per heavy atom. The van der Waals surface area contributed by atoms with Gasteiger partial charge in [-0.1, -0.05) is 6.07 Å². The van der Waals surface area contributed by atoms with E-state index in [1.165, 1.54) is 12.1 Å². The third-order valence-corrected chi connectivity index (χ3v) is 5.24. The SMILES string of the molecule is Fc1ccc(SCc2cc(N3CCOCC3)nc(-c3ccccn3)n2)cc1. The van der Waals surface area contributed by atoms with Crippen LogP contribution >= 0.6 is 11.8 Å². The van der Waals surface area contributed by atoms with Crippen molar-refractivity contribution in [3.8, 4) is 11.5 Å². The molecule has 0 radical (unpaired) electrons. The fourth-order valence-corrected chi connectivity index (χ4v) is 3.60. The van der Waals surface area contributed by atoms with Crippen LogP contribution in [-0.4, -0.2) is 41.3 Å². The van der Waals surface area contributed by atoms with Crippen LogP contribution < -0.4 is 4.90 Å². The summed E-state index contributed by atoms with van der Waals surface area (Å²) in [6, 6.07) is 14.2.